The third-order valence-corrected chi connectivity index (χ3v) is 5.72. The lowest BCUT2D eigenvalue weighted by Crippen LogP contribution is -2.37. The van der Waals surface area contributed by atoms with Gasteiger partial charge in [0.15, 0.2) is 0 Å². The molecule has 0 aliphatic carbocycles. The number of hydrogen-bond donors (Lipinski definition) is 0. The molecule has 8 heteroatoms. The molecule has 0 atom stereocenters. The molecule has 0 aliphatic heterocycles. The molecule has 6 nitrogen and oxygen atoms in total. The van der Waals surface area contributed by atoms with E-state index in [1.165, 1.54) is 19.2 Å². The number of ether oxygens (including phenoxy) is 2. The summed E-state index contributed by atoms with van der Waals surface area (Å²) in [6.07, 6.45) is -0.337. The smallest absolute Gasteiger partial charge is 0.327 e. The molecule has 0 N–H and O–H groups in total. The number of esters is 1. The van der Waals surface area contributed by atoms with Crippen molar-refractivity contribution in [3.05, 3.63) is 53.0 Å². The first-order valence-corrected chi connectivity index (χ1v) is 10.1. The van der Waals surface area contributed by atoms with Gasteiger partial charge in [0.25, 0.3) is 10.0 Å². The third kappa shape index (κ3) is 4.98. The van der Waals surface area contributed by atoms with Crippen LogP contribution in [0.3, 0.4) is 0 Å². The maximum atomic E-state index is 13.1. The Morgan fingerprint density at radius 2 is 1.65 bits per heavy atom. The summed E-state index contributed by atoms with van der Waals surface area (Å²) in [5.74, 6) is -0.0454. The van der Waals surface area contributed by atoms with E-state index in [9.17, 15) is 13.2 Å². The fourth-order valence-corrected chi connectivity index (χ4v) is 3.89. The Labute approximate surface area is 161 Å². The summed E-state index contributed by atoms with van der Waals surface area (Å²) in [7, 11) is -2.43. The summed E-state index contributed by atoms with van der Waals surface area (Å²) in [4.78, 5) is 12.2. The quantitative estimate of drug-likeness (QED) is 0.613. The maximum Gasteiger partial charge on any atom is 0.327 e. The summed E-state index contributed by atoms with van der Waals surface area (Å²) in [5.41, 5.74) is 0.342. The molecule has 0 saturated carbocycles. The highest BCUT2D eigenvalue weighted by atomic mass is 79.9. The van der Waals surface area contributed by atoms with E-state index in [0.29, 0.717) is 11.4 Å². The largest absolute Gasteiger partial charge is 0.497 e. The molecule has 0 amide bonds. The van der Waals surface area contributed by atoms with Gasteiger partial charge >= 0.3 is 5.97 Å². The van der Waals surface area contributed by atoms with E-state index >= 15 is 0 Å². The standard InChI is InChI=1S/C18H20BrNO5S/c1-13(2)25-18(21)12-20(15-6-8-16(24-3)9-7-15)26(22,23)17-10-4-14(19)5-11-17/h4-11,13H,12H2,1-3H3. The van der Waals surface area contributed by atoms with Crippen molar-refractivity contribution in [3.63, 3.8) is 0 Å². The number of hydrogen-bond acceptors (Lipinski definition) is 5. The summed E-state index contributed by atoms with van der Waals surface area (Å²) in [6, 6.07) is 12.6. The third-order valence-electron chi connectivity index (χ3n) is 3.40. The highest BCUT2D eigenvalue weighted by Crippen LogP contribution is 2.26. The Hall–Kier alpha value is -2.06. The van der Waals surface area contributed by atoms with E-state index in [2.05, 4.69) is 15.9 Å². The fourth-order valence-electron chi connectivity index (χ4n) is 2.21. The minimum atomic E-state index is -3.95. The molecule has 2 aromatic rings. The Balaban J connectivity index is 2.44. The number of carbonyl (C=O) groups is 1. The van der Waals surface area contributed by atoms with Crippen LogP contribution in [0.5, 0.6) is 5.75 Å². The first-order valence-electron chi connectivity index (χ1n) is 7.86. The van der Waals surface area contributed by atoms with E-state index in [0.717, 1.165) is 8.78 Å². The topological polar surface area (TPSA) is 72.9 Å². The van der Waals surface area contributed by atoms with Gasteiger partial charge in [-0.25, -0.2) is 8.42 Å². The second-order valence-corrected chi connectivity index (χ2v) is 8.48. The Morgan fingerprint density at radius 1 is 1.08 bits per heavy atom. The van der Waals surface area contributed by atoms with Gasteiger partial charge in [0.2, 0.25) is 0 Å². The van der Waals surface area contributed by atoms with Crippen molar-refractivity contribution in [1.29, 1.82) is 0 Å². The van der Waals surface area contributed by atoms with Crippen LogP contribution < -0.4 is 9.04 Å². The molecule has 2 aromatic carbocycles. The van der Waals surface area contributed by atoms with Crippen molar-refractivity contribution in [1.82, 2.24) is 0 Å². The van der Waals surface area contributed by atoms with Crippen molar-refractivity contribution in [2.75, 3.05) is 18.0 Å². The fraction of sp³-hybridized carbons (Fsp3) is 0.278. The molecule has 0 heterocycles. The highest BCUT2D eigenvalue weighted by Gasteiger charge is 2.28. The first kappa shape index (κ1) is 20.3. The summed E-state index contributed by atoms with van der Waals surface area (Å²) < 4.78 is 38.2. The highest BCUT2D eigenvalue weighted by molar-refractivity contribution is 9.10. The molecule has 0 spiro atoms. The SMILES string of the molecule is COc1ccc(N(CC(=O)OC(C)C)S(=O)(=O)c2ccc(Br)cc2)cc1. The molecular weight excluding hydrogens is 422 g/mol. The van der Waals surface area contributed by atoms with Crippen molar-refractivity contribution < 1.29 is 22.7 Å². The van der Waals surface area contributed by atoms with Crippen LogP contribution in [-0.2, 0) is 19.6 Å². The number of halogens is 1. The molecule has 0 unspecified atom stereocenters. The van der Waals surface area contributed by atoms with Gasteiger partial charge in [-0.05, 0) is 62.4 Å². The van der Waals surface area contributed by atoms with E-state index < -0.39 is 22.5 Å². The van der Waals surface area contributed by atoms with Crippen molar-refractivity contribution in [2.24, 2.45) is 0 Å². The van der Waals surface area contributed by atoms with Crippen LogP contribution in [0.4, 0.5) is 5.69 Å². The van der Waals surface area contributed by atoms with Gasteiger partial charge in [-0.1, -0.05) is 15.9 Å². The van der Waals surface area contributed by atoms with Gasteiger partial charge in [0.1, 0.15) is 12.3 Å². The second kappa shape index (κ2) is 8.55. The average molecular weight is 442 g/mol. The predicted octanol–water partition coefficient (Wildman–Crippen LogP) is 3.60. The molecule has 0 saturated heterocycles. The molecule has 0 fully saturated rings. The van der Waals surface area contributed by atoms with Crippen LogP contribution in [-0.4, -0.2) is 34.1 Å². The van der Waals surface area contributed by atoms with Gasteiger partial charge in [-0.3, -0.25) is 9.10 Å². The zero-order valence-electron chi connectivity index (χ0n) is 14.7. The number of nitrogens with zero attached hydrogens (tertiary/aromatic N) is 1. The van der Waals surface area contributed by atoms with Gasteiger partial charge in [0, 0.05) is 4.47 Å². The number of methoxy groups -OCH3 is 1. The zero-order chi connectivity index (χ0) is 19.3. The zero-order valence-corrected chi connectivity index (χ0v) is 17.1. The number of anilines is 1. The summed E-state index contributed by atoms with van der Waals surface area (Å²) >= 11 is 3.28. The number of rotatable bonds is 7. The normalized spacial score (nSPS) is 11.3. The van der Waals surface area contributed by atoms with Gasteiger partial charge in [-0.2, -0.15) is 0 Å². The van der Waals surface area contributed by atoms with E-state index in [4.69, 9.17) is 9.47 Å². The summed E-state index contributed by atoms with van der Waals surface area (Å²) in [6.45, 7) is 2.99. The minimum Gasteiger partial charge on any atom is -0.497 e. The molecule has 0 aliphatic rings. The van der Waals surface area contributed by atoms with E-state index in [1.807, 2.05) is 0 Å². The Morgan fingerprint density at radius 3 is 2.15 bits per heavy atom. The number of sulfonamides is 1. The van der Waals surface area contributed by atoms with E-state index in [1.54, 1.807) is 50.2 Å². The minimum absolute atomic E-state index is 0.0777. The van der Waals surface area contributed by atoms with Crippen molar-refractivity contribution in [2.45, 2.75) is 24.8 Å². The van der Waals surface area contributed by atoms with Crippen LogP contribution in [0.15, 0.2) is 57.9 Å². The summed E-state index contributed by atoms with van der Waals surface area (Å²) in [5, 5.41) is 0. The lowest BCUT2D eigenvalue weighted by Gasteiger charge is -2.24. The molecule has 26 heavy (non-hydrogen) atoms. The Bertz CT molecular complexity index is 848. The van der Waals surface area contributed by atoms with Crippen molar-refractivity contribution >= 4 is 37.6 Å². The van der Waals surface area contributed by atoms with Crippen LogP contribution in [0.25, 0.3) is 0 Å². The van der Waals surface area contributed by atoms with E-state index in [-0.39, 0.29) is 11.0 Å². The molecule has 140 valence electrons. The van der Waals surface area contributed by atoms with Crippen LogP contribution >= 0.6 is 15.9 Å². The Kier molecular flexibility index (Phi) is 6.66. The van der Waals surface area contributed by atoms with Gasteiger partial charge in [0.05, 0.1) is 23.8 Å². The lowest BCUT2D eigenvalue weighted by molar-refractivity contribution is -0.145. The van der Waals surface area contributed by atoms with Gasteiger partial charge < -0.3 is 9.47 Å². The molecular formula is C18H20BrNO5S. The predicted molar refractivity (Wildman–Crippen MR) is 103 cm³/mol. The maximum absolute atomic E-state index is 13.1. The average Bonchev–Trinajstić information content (AvgIpc) is 2.59. The number of carbonyl (C=O) groups excluding carboxylic acids is 1. The molecule has 0 radical (unpaired) electrons. The van der Waals surface area contributed by atoms with Crippen molar-refractivity contribution in [3.8, 4) is 5.75 Å². The second-order valence-electron chi connectivity index (χ2n) is 5.70. The monoisotopic (exact) mass is 441 g/mol. The molecule has 0 bridgehead atoms. The van der Waals surface area contributed by atoms with Crippen LogP contribution in [0.2, 0.25) is 0 Å². The first-order chi connectivity index (χ1) is 12.2. The lowest BCUT2D eigenvalue weighted by atomic mass is 10.3. The van der Waals surface area contributed by atoms with Crippen LogP contribution in [0, 0.1) is 0 Å². The molecule has 0 aromatic heterocycles. The van der Waals surface area contributed by atoms with Gasteiger partial charge in [-0.15, -0.1) is 0 Å². The number of benzene rings is 2. The molecule has 2 rings (SSSR count). The van der Waals surface area contributed by atoms with Crippen LogP contribution in [0.1, 0.15) is 13.8 Å².